The minimum absolute atomic E-state index is 0.603. The van der Waals surface area contributed by atoms with E-state index in [4.69, 9.17) is 16.6 Å². The van der Waals surface area contributed by atoms with Gasteiger partial charge in [0.05, 0.1) is 17.3 Å². The van der Waals surface area contributed by atoms with Crippen molar-refractivity contribution in [2.24, 2.45) is 0 Å². The SMILES string of the molecule is Cc1cccc2cc(C(C)O)c(-c3ccccc3Cl)nc12. The van der Waals surface area contributed by atoms with Crippen molar-refractivity contribution in [3.05, 3.63) is 64.7 Å². The molecule has 3 rings (SSSR count). The summed E-state index contributed by atoms with van der Waals surface area (Å²) in [5, 5.41) is 11.8. The molecule has 1 aromatic heterocycles. The van der Waals surface area contributed by atoms with Crippen LogP contribution >= 0.6 is 11.6 Å². The molecule has 2 nitrogen and oxygen atoms in total. The third-order valence-corrected chi connectivity index (χ3v) is 3.99. The largest absolute Gasteiger partial charge is 0.389 e. The first kappa shape index (κ1) is 14.1. The Morgan fingerprint density at radius 2 is 1.86 bits per heavy atom. The first-order chi connectivity index (χ1) is 10.1. The molecule has 3 aromatic rings. The summed E-state index contributed by atoms with van der Waals surface area (Å²) in [5.74, 6) is 0. The summed E-state index contributed by atoms with van der Waals surface area (Å²) in [6.07, 6.45) is -0.603. The molecule has 0 aliphatic rings. The van der Waals surface area contributed by atoms with E-state index in [2.05, 4.69) is 0 Å². The second kappa shape index (κ2) is 5.47. The van der Waals surface area contributed by atoms with Gasteiger partial charge in [-0.05, 0) is 31.5 Å². The van der Waals surface area contributed by atoms with Gasteiger partial charge in [0.15, 0.2) is 0 Å². The molecule has 0 spiro atoms. The first-order valence-corrected chi connectivity index (χ1v) is 7.29. The van der Waals surface area contributed by atoms with Crippen molar-refractivity contribution in [1.29, 1.82) is 0 Å². The first-order valence-electron chi connectivity index (χ1n) is 6.91. The van der Waals surface area contributed by atoms with E-state index in [0.717, 1.165) is 33.3 Å². The number of rotatable bonds is 2. The maximum absolute atomic E-state index is 10.1. The van der Waals surface area contributed by atoms with Gasteiger partial charge in [-0.25, -0.2) is 4.98 Å². The van der Waals surface area contributed by atoms with Crippen LogP contribution in [-0.4, -0.2) is 10.1 Å². The summed E-state index contributed by atoms with van der Waals surface area (Å²) in [5.41, 5.74) is 4.44. The standard InChI is InChI=1S/C18H16ClNO/c1-11-6-5-7-13-10-15(12(2)21)18(20-17(11)13)14-8-3-4-9-16(14)19/h3-10,12,21H,1-2H3. The van der Waals surface area contributed by atoms with Gasteiger partial charge in [0.1, 0.15) is 0 Å². The fourth-order valence-corrected chi connectivity index (χ4v) is 2.78. The lowest BCUT2D eigenvalue weighted by Gasteiger charge is -2.15. The Balaban J connectivity index is 2.37. The second-order valence-electron chi connectivity index (χ2n) is 5.23. The van der Waals surface area contributed by atoms with E-state index < -0.39 is 6.10 Å². The lowest BCUT2D eigenvalue weighted by atomic mass is 9.99. The predicted molar refractivity (Wildman–Crippen MR) is 87.6 cm³/mol. The Morgan fingerprint density at radius 1 is 1.10 bits per heavy atom. The predicted octanol–water partition coefficient (Wildman–Crippen LogP) is 4.92. The minimum atomic E-state index is -0.603. The highest BCUT2D eigenvalue weighted by Crippen LogP contribution is 2.34. The van der Waals surface area contributed by atoms with Crippen LogP contribution in [0, 0.1) is 6.92 Å². The molecule has 0 bridgehead atoms. The highest BCUT2D eigenvalue weighted by Gasteiger charge is 2.15. The number of fused-ring (bicyclic) bond motifs is 1. The summed E-state index contributed by atoms with van der Waals surface area (Å²) in [6, 6.07) is 15.6. The molecular weight excluding hydrogens is 282 g/mol. The van der Waals surface area contributed by atoms with Crippen molar-refractivity contribution in [1.82, 2.24) is 4.98 Å². The number of halogens is 1. The monoisotopic (exact) mass is 297 g/mol. The number of aromatic nitrogens is 1. The number of aliphatic hydroxyl groups is 1. The van der Waals surface area contributed by atoms with Crippen LogP contribution in [0.15, 0.2) is 48.5 Å². The average Bonchev–Trinajstić information content (AvgIpc) is 2.47. The van der Waals surface area contributed by atoms with Gasteiger partial charge in [-0.15, -0.1) is 0 Å². The average molecular weight is 298 g/mol. The van der Waals surface area contributed by atoms with E-state index in [0.29, 0.717) is 5.02 Å². The summed E-state index contributed by atoms with van der Waals surface area (Å²) < 4.78 is 0. The third-order valence-electron chi connectivity index (χ3n) is 3.66. The van der Waals surface area contributed by atoms with E-state index in [1.165, 1.54) is 0 Å². The van der Waals surface area contributed by atoms with Crippen LogP contribution in [0.25, 0.3) is 22.2 Å². The molecule has 21 heavy (non-hydrogen) atoms. The molecule has 0 radical (unpaired) electrons. The van der Waals surface area contributed by atoms with Gasteiger partial charge in [-0.2, -0.15) is 0 Å². The molecular formula is C18H16ClNO. The molecule has 0 saturated carbocycles. The van der Waals surface area contributed by atoms with Gasteiger partial charge in [0, 0.05) is 21.5 Å². The maximum Gasteiger partial charge on any atom is 0.0783 e. The molecule has 0 aliphatic carbocycles. The lowest BCUT2D eigenvalue weighted by Crippen LogP contribution is -2.00. The Bertz CT molecular complexity index is 811. The van der Waals surface area contributed by atoms with Crippen molar-refractivity contribution in [2.45, 2.75) is 20.0 Å². The van der Waals surface area contributed by atoms with Crippen LogP contribution in [-0.2, 0) is 0 Å². The van der Waals surface area contributed by atoms with Crippen molar-refractivity contribution in [3.8, 4) is 11.3 Å². The van der Waals surface area contributed by atoms with Crippen molar-refractivity contribution in [2.75, 3.05) is 0 Å². The smallest absolute Gasteiger partial charge is 0.0783 e. The van der Waals surface area contributed by atoms with Gasteiger partial charge in [0.2, 0.25) is 0 Å². The number of para-hydroxylation sites is 1. The molecule has 1 atom stereocenters. The highest BCUT2D eigenvalue weighted by molar-refractivity contribution is 6.33. The number of hydrogen-bond donors (Lipinski definition) is 1. The summed E-state index contributed by atoms with van der Waals surface area (Å²) in [4.78, 5) is 4.78. The van der Waals surface area contributed by atoms with E-state index in [9.17, 15) is 5.11 Å². The molecule has 1 heterocycles. The van der Waals surface area contributed by atoms with Crippen LogP contribution in [0.3, 0.4) is 0 Å². The van der Waals surface area contributed by atoms with Crippen LogP contribution in [0.1, 0.15) is 24.2 Å². The zero-order valence-electron chi connectivity index (χ0n) is 12.0. The Morgan fingerprint density at radius 3 is 2.57 bits per heavy atom. The third kappa shape index (κ3) is 2.53. The van der Waals surface area contributed by atoms with E-state index >= 15 is 0 Å². The maximum atomic E-state index is 10.1. The zero-order chi connectivity index (χ0) is 15.0. The normalized spacial score (nSPS) is 12.6. The van der Waals surface area contributed by atoms with E-state index in [-0.39, 0.29) is 0 Å². The Hall–Kier alpha value is -1.90. The summed E-state index contributed by atoms with van der Waals surface area (Å²) in [7, 11) is 0. The summed E-state index contributed by atoms with van der Waals surface area (Å²) >= 11 is 6.30. The molecule has 2 aromatic carbocycles. The Labute approximate surface area is 129 Å². The number of benzene rings is 2. The van der Waals surface area contributed by atoms with Crippen molar-refractivity contribution in [3.63, 3.8) is 0 Å². The molecule has 0 saturated heterocycles. The fourth-order valence-electron chi connectivity index (χ4n) is 2.55. The van der Waals surface area contributed by atoms with Gasteiger partial charge in [-0.3, -0.25) is 0 Å². The lowest BCUT2D eigenvalue weighted by molar-refractivity contribution is 0.199. The van der Waals surface area contributed by atoms with Crippen LogP contribution in [0.2, 0.25) is 5.02 Å². The number of hydrogen-bond acceptors (Lipinski definition) is 2. The van der Waals surface area contributed by atoms with Gasteiger partial charge in [0.25, 0.3) is 0 Å². The van der Waals surface area contributed by atoms with Crippen LogP contribution < -0.4 is 0 Å². The van der Waals surface area contributed by atoms with Crippen molar-refractivity contribution < 1.29 is 5.11 Å². The Kier molecular flexibility index (Phi) is 3.66. The van der Waals surface area contributed by atoms with E-state index in [1.54, 1.807) is 6.92 Å². The summed E-state index contributed by atoms with van der Waals surface area (Å²) in [6.45, 7) is 3.78. The van der Waals surface area contributed by atoms with Gasteiger partial charge < -0.3 is 5.11 Å². The quantitative estimate of drug-likeness (QED) is 0.728. The van der Waals surface area contributed by atoms with Crippen LogP contribution in [0.4, 0.5) is 0 Å². The topological polar surface area (TPSA) is 33.1 Å². The molecule has 106 valence electrons. The highest BCUT2D eigenvalue weighted by atomic mass is 35.5. The molecule has 0 amide bonds. The fraction of sp³-hybridized carbons (Fsp3) is 0.167. The molecule has 0 aliphatic heterocycles. The second-order valence-corrected chi connectivity index (χ2v) is 5.64. The molecule has 3 heteroatoms. The van der Waals surface area contributed by atoms with Gasteiger partial charge in [-0.1, -0.05) is 48.0 Å². The minimum Gasteiger partial charge on any atom is -0.389 e. The molecule has 1 N–H and O–H groups in total. The molecule has 1 unspecified atom stereocenters. The number of pyridine rings is 1. The van der Waals surface area contributed by atoms with Crippen molar-refractivity contribution >= 4 is 22.5 Å². The number of nitrogens with zero attached hydrogens (tertiary/aromatic N) is 1. The number of aliphatic hydroxyl groups excluding tert-OH is 1. The van der Waals surface area contributed by atoms with E-state index in [1.807, 2.05) is 55.5 Å². The zero-order valence-corrected chi connectivity index (χ0v) is 12.7. The van der Waals surface area contributed by atoms with Crippen LogP contribution in [0.5, 0.6) is 0 Å². The number of aryl methyl sites for hydroxylation is 1. The molecule has 0 fully saturated rings. The van der Waals surface area contributed by atoms with Gasteiger partial charge >= 0.3 is 0 Å².